The van der Waals surface area contributed by atoms with Crippen LogP contribution in [-0.2, 0) is 11.2 Å². The number of amides is 2. The third kappa shape index (κ3) is 3.19. The molecule has 3 rings (SSSR count). The van der Waals surface area contributed by atoms with Crippen LogP contribution in [-0.4, -0.2) is 33.8 Å². The van der Waals surface area contributed by atoms with Gasteiger partial charge in [-0.25, -0.2) is 4.79 Å². The van der Waals surface area contributed by atoms with Crippen molar-refractivity contribution in [1.82, 2.24) is 4.90 Å². The van der Waals surface area contributed by atoms with E-state index in [2.05, 4.69) is 63.7 Å². The molecule has 26 heavy (non-hydrogen) atoms. The van der Waals surface area contributed by atoms with Crippen LogP contribution in [0.25, 0.3) is 0 Å². The number of benzene rings is 2. The molecule has 5 nitrogen and oxygen atoms in total. The average Bonchev–Trinajstić information content (AvgIpc) is 2.87. The van der Waals surface area contributed by atoms with Gasteiger partial charge < -0.3 is 5.11 Å². The lowest BCUT2D eigenvalue weighted by molar-refractivity contribution is -0.141. The molecule has 0 saturated heterocycles. The van der Waals surface area contributed by atoms with Crippen LogP contribution in [0.4, 0.5) is 0 Å². The third-order valence-corrected chi connectivity index (χ3v) is 8.77. The second-order valence-corrected chi connectivity index (χ2v) is 8.70. The summed E-state index contributed by atoms with van der Waals surface area (Å²) in [6.45, 7) is 0. The van der Waals surface area contributed by atoms with Gasteiger partial charge in [-0.2, -0.15) is 0 Å². The van der Waals surface area contributed by atoms with Gasteiger partial charge in [0.2, 0.25) is 0 Å². The van der Waals surface area contributed by atoms with E-state index >= 15 is 0 Å². The smallest absolute Gasteiger partial charge is 0.327 e. The monoisotopic (exact) mass is 607 g/mol. The Morgan fingerprint density at radius 1 is 0.885 bits per heavy atom. The van der Waals surface area contributed by atoms with E-state index in [1.807, 2.05) is 6.07 Å². The topological polar surface area (TPSA) is 74.7 Å². The zero-order valence-corrected chi connectivity index (χ0v) is 19.1. The minimum Gasteiger partial charge on any atom is -0.480 e. The summed E-state index contributed by atoms with van der Waals surface area (Å²) in [6, 6.07) is 7.57. The van der Waals surface area contributed by atoms with Crippen LogP contribution in [0.15, 0.2) is 48.2 Å². The van der Waals surface area contributed by atoms with Gasteiger partial charge in [0.25, 0.3) is 11.8 Å². The van der Waals surface area contributed by atoms with E-state index in [0.717, 1.165) is 10.5 Å². The molecular formula is C17H9Br4NO4. The summed E-state index contributed by atoms with van der Waals surface area (Å²) in [5.74, 6) is -2.53. The van der Waals surface area contributed by atoms with Crippen molar-refractivity contribution >= 4 is 81.5 Å². The minimum absolute atomic E-state index is 0.0270. The van der Waals surface area contributed by atoms with Crippen molar-refractivity contribution in [2.45, 2.75) is 12.5 Å². The largest absolute Gasteiger partial charge is 0.480 e. The Morgan fingerprint density at radius 3 is 1.77 bits per heavy atom. The quantitative estimate of drug-likeness (QED) is 0.300. The summed E-state index contributed by atoms with van der Waals surface area (Å²) >= 11 is 13.3. The van der Waals surface area contributed by atoms with Gasteiger partial charge in [-0.15, -0.1) is 0 Å². The molecular weight excluding hydrogens is 602 g/mol. The lowest BCUT2D eigenvalue weighted by Gasteiger charge is -2.22. The first-order chi connectivity index (χ1) is 12.3. The Kier molecular flexibility index (Phi) is 5.72. The number of nitrogens with zero attached hydrogens (tertiary/aromatic N) is 1. The van der Waals surface area contributed by atoms with E-state index in [0.29, 0.717) is 17.9 Å². The highest BCUT2D eigenvalue weighted by Gasteiger charge is 2.46. The van der Waals surface area contributed by atoms with E-state index in [-0.39, 0.29) is 17.5 Å². The van der Waals surface area contributed by atoms with Crippen molar-refractivity contribution in [2.24, 2.45) is 0 Å². The molecule has 0 bridgehead atoms. The maximum atomic E-state index is 12.9. The van der Waals surface area contributed by atoms with Gasteiger partial charge in [0, 0.05) is 24.3 Å². The van der Waals surface area contributed by atoms with Crippen molar-refractivity contribution in [1.29, 1.82) is 0 Å². The number of rotatable bonds is 4. The first-order valence-electron chi connectivity index (χ1n) is 7.26. The molecule has 0 aromatic heterocycles. The molecule has 2 aromatic rings. The summed E-state index contributed by atoms with van der Waals surface area (Å²) in [7, 11) is 0. The molecule has 1 atom stereocenters. The Bertz CT molecular complexity index is 899. The zero-order valence-electron chi connectivity index (χ0n) is 12.8. The highest BCUT2D eigenvalue weighted by molar-refractivity contribution is 9.15. The standard InChI is InChI=1S/C17H9Br4NO4/c18-11-9-10(12(19)14(21)13(11)20)16(24)22(15(9)23)8(17(25)26)6-7-4-2-1-3-5-7/h1-5,8H,6H2,(H,25,26)/t8-/m0/s1. The second kappa shape index (κ2) is 7.53. The summed E-state index contributed by atoms with van der Waals surface area (Å²) in [5, 5.41) is 9.67. The number of carboxylic acid groups (broad SMARTS) is 1. The fourth-order valence-corrected chi connectivity index (χ4v) is 5.23. The molecule has 0 aliphatic carbocycles. The van der Waals surface area contributed by atoms with Gasteiger partial charge in [-0.1, -0.05) is 30.3 Å². The van der Waals surface area contributed by atoms with Gasteiger partial charge >= 0.3 is 5.97 Å². The van der Waals surface area contributed by atoms with Crippen molar-refractivity contribution in [2.75, 3.05) is 0 Å². The first kappa shape index (κ1) is 19.7. The molecule has 134 valence electrons. The van der Waals surface area contributed by atoms with Crippen molar-refractivity contribution in [3.63, 3.8) is 0 Å². The van der Waals surface area contributed by atoms with Gasteiger partial charge in [0.1, 0.15) is 6.04 Å². The number of halogens is 4. The van der Waals surface area contributed by atoms with Crippen LogP contribution < -0.4 is 0 Å². The molecule has 2 aromatic carbocycles. The van der Waals surface area contributed by atoms with E-state index in [9.17, 15) is 19.5 Å². The maximum absolute atomic E-state index is 12.9. The normalized spacial score (nSPS) is 14.5. The van der Waals surface area contributed by atoms with E-state index in [1.165, 1.54) is 0 Å². The zero-order chi connectivity index (χ0) is 19.2. The number of fused-ring (bicyclic) bond motifs is 1. The number of carboxylic acids is 1. The number of aliphatic carboxylic acids is 1. The van der Waals surface area contributed by atoms with E-state index < -0.39 is 23.8 Å². The molecule has 1 aliphatic heterocycles. The second-order valence-electron chi connectivity index (χ2n) is 5.53. The molecule has 1 N–H and O–H groups in total. The molecule has 0 spiro atoms. The predicted octanol–water partition coefficient (Wildman–Crippen LogP) is 5.03. The molecule has 9 heteroatoms. The third-order valence-electron chi connectivity index (χ3n) is 4.00. The Hall–Kier alpha value is -1.03. The van der Waals surface area contributed by atoms with Crippen molar-refractivity contribution in [3.8, 4) is 0 Å². The van der Waals surface area contributed by atoms with E-state index in [4.69, 9.17) is 0 Å². The van der Waals surface area contributed by atoms with Crippen LogP contribution in [0.1, 0.15) is 26.3 Å². The first-order valence-corrected chi connectivity index (χ1v) is 10.4. The molecule has 1 heterocycles. The SMILES string of the molecule is O=C(O)[C@H](Cc1ccccc1)N1C(=O)c2c(Br)c(Br)c(Br)c(Br)c2C1=O. The summed E-state index contributed by atoms with van der Waals surface area (Å²) in [5.41, 5.74) is 0.990. The predicted molar refractivity (Wildman–Crippen MR) is 109 cm³/mol. The van der Waals surface area contributed by atoms with Crippen LogP contribution >= 0.6 is 63.7 Å². The Labute approximate surface area is 182 Å². The lowest BCUT2D eigenvalue weighted by atomic mass is 10.0. The van der Waals surface area contributed by atoms with E-state index in [1.54, 1.807) is 24.3 Å². The Morgan fingerprint density at radius 2 is 1.35 bits per heavy atom. The summed E-state index contributed by atoms with van der Waals surface area (Å²) in [6.07, 6.45) is 0.0270. The van der Waals surface area contributed by atoms with Gasteiger partial charge in [-0.3, -0.25) is 14.5 Å². The highest BCUT2D eigenvalue weighted by Crippen LogP contribution is 2.45. The molecule has 0 fully saturated rings. The fourth-order valence-electron chi connectivity index (χ4n) is 2.78. The molecule has 2 amide bonds. The number of imide groups is 1. The molecule has 0 saturated carbocycles. The Balaban J connectivity index is 2.10. The van der Waals surface area contributed by atoms with Gasteiger partial charge in [0.15, 0.2) is 0 Å². The van der Waals surface area contributed by atoms with Crippen molar-refractivity contribution < 1.29 is 19.5 Å². The van der Waals surface area contributed by atoms with Crippen molar-refractivity contribution in [3.05, 3.63) is 64.9 Å². The fraction of sp³-hybridized carbons (Fsp3) is 0.118. The average molecular weight is 611 g/mol. The highest BCUT2D eigenvalue weighted by atomic mass is 79.9. The number of carbonyl (C=O) groups is 3. The van der Waals surface area contributed by atoms with Crippen LogP contribution in [0.5, 0.6) is 0 Å². The lowest BCUT2D eigenvalue weighted by Crippen LogP contribution is -2.46. The molecule has 1 aliphatic rings. The molecule has 0 radical (unpaired) electrons. The number of hydrogen-bond acceptors (Lipinski definition) is 3. The van der Waals surface area contributed by atoms with Gasteiger partial charge in [-0.05, 0) is 69.3 Å². The van der Waals surface area contributed by atoms with Crippen LogP contribution in [0.3, 0.4) is 0 Å². The number of hydrogen-bond donors (Lipinski definition) is 1. The van der Waals surface area contributed by atoms with Crippen LogP contribution in [0, 0.1) is 0 Å². The maximum Gasteiger partial charge on any atom is 0.327 e. The summed E-state index contributed by atoms with van der Waals surface area (Å²) < 4.78 is 1.90. The summed E-state index contributed by atoms with van der Waals surface area (Å²) in [4.78, 5) is 38.5. The minimum atomic E-state index is -1.30. The molecule has 0 unspecified atom stereocenters. The van der Waals surface area contributed by atoms with Crippen LogP contribution in [0.2, 0.25) is 0 Å². The van der Waals surface area contributed by atoms with Gasteiger partial charge in [0.05, 0.1) is 11.1 Å². The number of carbonyl (C=O) groups excluding carboxylic acids is 2.